The number of aromatic nitrogens is 3. The number of carbonyl (C=O) groups is 2. The van der Waals surface area contributed by atoms with E-state index in [2.05, 4.69) is 5.32 Å². The summed E-state index contributed by atoms with van der Waals surface area (Å²) in [7, 11) is 0. The number of pyridine rings is 1. The van der Waals surface area contributed by atoms with Crippen molar-refractivity contribution in [1.29, 1.82) is 0 Å². The fourth-order valence-corrected chi connectivity index (χ4v) is 6.68. The number of carbonyl (C=O) groups excluding carboxylic acids is 2. The van der Waals surface area contributed by atoms with Crippen LogP contribution in [0.3, 0.4) is 0 Å². The average molecular weight is 800 g/mol. The minimum atomic E-state index is -0.753. The van der Waals surface area contributed by atoms with Crippen LogP contribution in [-0.4, -0.2) is 56.5 Å². The molecule has 0 aliphatic carbocycles. The highest BCUT2D eigenvalue weighted by Crippen LogP contribution is 2.37. The van der Waals surface area contributed by atoms with Crippen LogP contribution in [0.2, 0.25) is 0 Å². The first-order chi connectivity index (χ1) is 28.8. The summed E-state index contributed by atoms with van der Waals surface area (Å²) in [4.78, 5) is 36.8. The minimum Gasteiger partial charge on any atom is -0.490 e. The predicted octanol–water partition coefficient (Wildman–Crippen LogP) is 11.2. The lowest BCUT2D eigenvalue weighted by Crippen LogP contribution is -2.43. The van der Waals surface area contributed by atoms with Crippen molar-refractivity contribution in [2.24, 2.45) is 4.99 Å². The zero-order valence-corrected chi connectivity index (χ0v) is 34.8. The first kappa shape index (κ1) is 41.1. The molecule has 2 aromatic heterocycles. The van der Waals surface area contributed by atoms with Crippen LogP contribution in [0.15, 0.2) is 157 Å². The molecule has 0 saturated heterocycles. The number of fused-ring (bicyclic) bond motifs is 1. The van der Waals surface area contributed by atoms with Gasteiger partial charge in [0.15, 0.2) is 5.82 Å². The molecule has 10 nitrogen and oxygen atoms in total. The van der Waals surface area contributed by atoms with E-state index in [1.54, 1.807) is 6.20 Å². The van der Waals surface area contributed by atoms with Gasteiger partial charge in [0.2, 0.25) is 0 Å². The maximum Gasteiger partial charge on any atom is 0.435 e. The number of nitrogens with one attached hydrogen (secondary N) is 1. The van der Waals surface area contributed by atoms with E-state index < -0.39 is 29.4 Å². The van der Waals surface area contributed by atoms with Crippen LogP contribution < -0.4 is 10.1 Å². The molecule has 0 spiro atoms. The maximum atomic E-state index is 13.7. The topological polar surface area (TPSA) is 117 Å². The SMILES string of the molecule is CC(C)(C)OC(=O)N[C@H](COc1cnc(-c2ccccc2)c(-c2ccc3c(c2)c(N=C(c2ccccc2)c2ccccc2)nn3C(=O)OC(C)(C)C)c1)Cc1ccccc1. The van der Waals surface area contributed by atoms with Gasteiger partial charge < -0.3 is 19.5 Å². The Hall–Kier alpha value is -7.07. The summed E-state index contributed by atoms with van der Waals surface area (Å²) in [5, 5.41) is 8.43. The highest BCUT2D eigenvalue weighted by atomic mass is 16.6. The van der Waals surface area contributed by atoms with Crippen LogP contribution in [0, 0.1) is 0 Å². The molecule has 2 heterocycles. The van der Waals surface area contributed by atoms with E-state index >= 15 is 0 Å². The highest BCUT2D eigenvalue weighted by molar-refractivity contribution is 6.15. The van der Waals surface area contributed by atoms with E-state index in [0.717, 1.165) is 39.1 Å². The van der Waals surface area contributed by atoms with Crippen molar-refractivity contribution in [1.82, 2.24) is 20.1 Å². The van der Waals surface area contributed by atoms with E-state index in [1.807, 2.05) is 187 Å². The second kappa shape index (κ2) is 17.8. The molecule has 0 bridgehead atoms. The third-order valence-electron chi connectivity index (χ3n) is 9.26. The van der Waals surface area contributed by atoms with Crippen molar-refractivity contribution in [3.8, 4) is 28.1 Å². The van der Waals surface area contributed by atoms with Crippen LogP contribution in [0.1, 0.15) is 58.2 Å². The molecule has 7 rings (SSSR count). The van der Waals surface area contributed by atoms with Gasteiger partial charge in [-0.1, -0.05) is 127 Å². The normalized spacial score (nSPS) is 12.0. The van der Waals surface area contributed by atoms with Gasteiger partial charge in [-0.3, -0.25) is 4.98 Å². The van der Waals surface area contributed by atoms with E-state index in [1.165, 1.54) is 4.68 Å². The lowest BCUT2D eigenvalue weighted by Gasteiger charge is -2.24. The quantitative estimate of drug-likeness (QED) is 0.129. The molecule has 60 heavy (non-hydrogen) atoms. The fourth-order valence-electron chi connectivity index (χ4n) is 6.68. The number of hydrogen-bond acceptors (Lipinski definition) is 8. The van der Waals surface area contributed by atoms with Gasteiger partial charge in [-0.15, -0.1) is 5.10 Å². The third-order valence-corrected chi connectivity index (χ3v) is 9.26. The van der Waals surface area contributed by atoms with Gasteiger partial charge >= 0.3 is 12.2 Å². The molecular weight excluding hydrogens is 751 g/mol. The second-order valence-corrected chi connectivity index (χ2v) is 16.4. The predicted molar refractivity (Wildman–Crippen MR) is 237 cm³/mol. The van der Waals surface area contributed by atoms with Gasteiger partial charge in [-0.25, -0.2) is 14.6 Å². The van der Waals surface area contributed by atoms with Crippen LogP contribution in [0.5, 0.6) is 5.75 Å². The molecule has 10 heteroatoms. The fraction of sp³-hybridized carbons (Fsp3) is 0.220. The average Bonchev–Trinajstić information content (AvgIpc) is 3.59. The number of nitrogens with zero attached hydrogens (tertiary/aromatic N) is 4. The van der Waals surface area contributed by atoms with Crippen LogP contribution in [0.25, 0.3) is 33.3 Å². The molecule has 5 aromatic carbocycles. The molecule has 0 aliphatic heterocycles. The van der Waals surface area contributed by atoms with E-state index in [9.17, 15) is 9.59 Å². The summed E-state index contributed by atoms with van der Waals surface area (Å²) < 4.78 is 19.1. The van der Waals surface area contributed by atoms with Gasteiger partial charge in [0.1, 0.15) is 23.6 Å². The molecule has 1 N–H and O–H groups in total. The largest absolute Gasteiger partial charge is 0.490 e. The van der Waals surface area contributed by atoms with Crippen molar-refractivity contribution in [2.45, 2.75) is 65.2 Å². The van der Waals surface area contributed by atoms with E-state index in [0.29, 0.717) is 34.6 Å². The summed E-state index contributed by atoms with van der Waals surface area (Å²) in [6.45, 7) is 11.1. The smallest absolute Gasteiger partial charge is 0.435 e. The van der Waals surface area contributed by atoms with E-state index in [-0.39, 0.29) is 6.61 Å². The maximum absolute atomic E-state index is 13.7. The highest BCUT2D eigenvalue weighted by Gasteiger charge is 2.25. The summed E-state index contributed by atoms with van der Waals surface area (Å²) in [6, 6.07) is 46.9. The summed E-state index contributed by atoms with van der Waals surface area (Å²) in [5.74, 6) is 0.853. The number of alkyl carbamates (subject to hydrolysis) is 1. The Morgan fingerprint density at radius 1 is 0.700 bits per heavy atom. The van der Waals surface area contributed by atoms with Crippen molar-refractivity contribution in [3.63, 3.8) is 0 Å². The number of benzene rings is 5. The van der Waals surface area contributed by atoms with Gasteiger partial charge in [0.05, 0.1) is 29.2 Å². The van der Waals surface area contributed by atoms with Crippen molar-refractivity contribution < 1.29 is 23.8 Å². The van der Waals surface area contributed by atoms with Crippen molar-refractivity contribution >= 4 is 34.6 Å². The number of amides is 1. The molecule has 1 atom stereocenters. The molecule has 7 aromatic rings. The van der Waals surface area contributed by atoms with Gasteiger partial charge in [-0.05, 0) is 77.3 Å². The van der Waals surface area contributed by atoms with Crippen LogP contribution >= 0.6 is 0 Å². The monoisotopic (exact) mass is 799 g/mol. The Morgan fingerprint density at radius 3 is 1.88 bits per heavy atom. The minimum absolute atomic E-state index is 0.155. The molecule has 0 fully saturated rings. The zero-order valence-electron chi connectivity index (χ0n) is 34.8. The molecule has 304 valence electrons. The summed E-state index contributed by atoms with van der Waals surface area (Å²) >= 11 is 0. The third kappa shape index (κ3) is 10.5. The first-order valence-electron chi connectivity index (χ1n) is 20.0. The number of ether oxygens (including phenoxy) is 3. The van der Waals surface area contributed by atoms with Gasteiger partial charge in [0.25, 0.3) is 0 Å². The molecular formula is C50H49N5O5. The molecule has 1 amide bonds. The number of aliphatic imine (C=N–C) groups is 1. The van der Waals surface area contributed by atoms with Crippen LogP contribution in [0.4, 0.5) is 15.4 Å². The molecule has 0 aliphatic rings. The molecule has 0 radical (unpaired) electrons. The van der Waals surface area contributed by atoms with Crippen LogP contribution in [-0.2, 0) is 15.9 Å². The number of hydrogen-bond donors (Lipinski definition) is 1. The Labute approximate surface area is 350 Å². The lowest BCUT2D eigenvalue weighted by molar-refractivity contribution is 0.0484. The number of rotatable bonds is 11. The standard InChI is InChI=1S/C50H49N5O5/c1-49(2,3)59-47(56)52-39(29-34-19-11-7-12-20-34)33-58-40-31-41(45(51-32-40)37-25-17-10-18-26-37)38-27-28-43-42(30-38)46(54-55(43)48(57)60-50(4,5)6)53-44(35-21-13-8-14-22-35)36-23-15-9-16-24-36/h7-28,30-32,39H,29,33H2,1-6H3,(H,52,56)/t39-/m0/s1. The summed E-state index contributed by atoms with van der Waals surface area (Å²) in [5.41, 5.74) is 5.88. The van der Waals surface area contributed by atoms with Gasteiger partial charge in [0, 0.05) is 27.6 Å². The van der Waals surface area contributed by atoms with Crippen molar-refractivity contribution in [2.75, 3.05) is 6.61 Å². The Bertz CT molecular complexity index is 2550. The Morgan fingerprint density at radius 2 is 1.28 bits per heavy atom. The van der Waals surface area contributed by atoms with Crippen molar-refractivity contribution in [3.05, 3.63) is 168 Å². The first-order valence-corrected chi connectivity index (χ1v) is 20.0. The second-order valence-electron chi connectivity index (χ2n) is 16.4. The summed E-state index contributed by atoms with van der Waals surface area (Å²) in [6.07, 6.45) is 1.08. The Balaban J connectivity index is 1.33. The molecule has 0 saturated carbocycles. The lowest BCUT2D eigenvalue weighted by atomic mass is 9.98. The van der Waals surface area contributed by atoms with E-state index in [4.69, 9.17) is 29.3 Å². The van der Waals surface area contributed by atoms with Gasteiger partial charge in [-0.2, -0.15) is 4.68 Å². The molecule has 0 unspecified atom stereocenters. The Kier molecular flexibility index (Phi) is 12.2. The zero-order chi connectivity index (χ0) is 42.3.